The highest BCUT2D eigenvalue weighted by molar-refractivity contribution is 5.79. The number of hydrogen-bond acceptors (Lipinski definition) is 7. The van der Waals surface area contributed by atoms with E-state index in [9.17, 15) is 4.79 Å². The van der Waals surface area contributed by atoms with Gasteiger partial charge in [-0.05, 0) is 42.7 Å². The lowest BCUT2D eigenvalue weighted by Gasteiger charge is -2.33. The third-order valence-corrected chi connectivity index (χ3v) is 6.20. The van der Waals surface area contributed by atoms with E-state index in [0.717, 1.165) is 54.5 Å². The molecule has 2 aromatic heterocycles. The highest BCUT2D eigenvalue weighted by Gasteiger charge is 2.29. The summed E-state index contributed by atoms with van der Waals surface area (Å²) in [5.74, 6) is 2.56. The van der Waals surface area contributed by atoms with E-state index in [-0.39, 0.29) is 24.0 Å². The molecule has 1 fully saturated rings. The molecule has 0 spiro atoms. The van der Waals surface area contributed by atoms with Crippen LogP contribution in [0.25, 0.3) is 5.65 Å². The Hall–Kier alpha value is -3.36. The largest absolute Gasteiger partial charge is 0.454 e. The van der Waals surface area contributed by atoms with Gasteiger partial charge in [0.1, 0.15) is 12.1 Å². The Balaban J connectivity index is 1.16. The van der Waals surface area contributed by atoms with Crippen molar-refractivity contribution in [2.75, 3.05) is 31.3 Å². The molecule has 0 saturated carbocycles. The van der Waals surface area contributed by atoms with Crippen molar-refractivity contribution in [1.82, 2.24) is 25.1 Å². The minimum absolute atomic E-state index is 0.0162. The first-order valence-corrected chi connectivity index (χ1v) is 10.6. The third-order valence-electron chi connectivity index (χ3n) is 6.20. The number of carbonyl (C=O) groups is 1. The Labute approximate surface area is 180 Å². The van der Waals surface area contributed by atoms with Crippen LogP contribution in [0, 0.1) is 5.92 Å². The van der Waals surface area contributed by atoms with Crippen LogP contribution in [0.1, 0.15) is 32.3 Å². The zero-order valence-electron chi connectivity index (χ0n) is 17.7. The molecule has 0 radical (unpaired) electrons. The summed E-state index contributed by atoms with van der Waals surface area (Å²) >= 11 is 0. The Morgan fingerprint density at radius 2 is 1.97 bits per heavy atom. The molecule has 162 valence electrons. The average Bonchev–Trinajstić information content (AvgIpc) is 3.45. The minimum Gasteiger partial charge on any atom is -0.454 e. The van der Waals surface area contributed by atoms with Gasteiger partial charge >= 0.3 is 0 Å². The second-order valence-corrected chi connectivity index (χ2v) is 8.76. The molecule has 2 aliphatic heterocycles. The number of anilines is 1. The zero-order chi connectivity index (χ0) is 21.4. The fraction of sp³-hybridized carbons (Fsp3) is 0.455. The van der Waals surface area contributed by atoms with Crippen molar-refractivity contribution in [3.8, 4) is 11.5 Å². The number of ether oxygens (including phenoxy) is 2. The van der Waals surface area contributed by atoms with Gasteiger partial charge in [-0.1, -0.05) is 19.9 Å². The molecule has 2 aliphatic rings. The summed E-state index contributed by atoms with van der Waals surface area (Å²) in [4.78, 5) is 15.0. The fourth-order valence-corrected chi connectivity index (χ4v) is 4.13. The van der Waals surface area contributed by atoms with Gasteiger partial charge in [0.15, 0.2) is 17.1 Å². The molecule has 0 aliphatic carbocycles. The summed E-state index contributed by atoms with van der Waals surface area (Å²) in [6, 6.07) is 9.84. The summed E-state index contributed by atoms with van der Waals surface area (Å²) in [6.07, 6.45) is 3.21. The number of nitrogens with one attached hydrogen (secondary N) is 1. The summed E-state index contributed by atoms with van der Waals surface area (Å²) in [7, 11) is 0. The maximum atomic E-state index is 12.8. The van der Waals surface area contributed by atoms with Crippen molar-refractivity contribution in [2.45, 2.75) is 32.1 Å². The van der Waals surface area contributed by atoms with Crippen LogP contribution in [-0.2, 0) is 10.2 Å². The lowest BCUT2D eigenvalue weighted by atomic mass is 9.84. The molecule has 1 N–H and O–H groups in total. The molecule has 1 aromatic carbocycles. The first-order valence-electron chi connectivity index (χ1n) is 10.6. The van der Waals surface area contributed by atoms with E-state index in [1.807, 2.05) is 30.3 Å². The number of rotatable bonds is 5. The van der Waals surface area contributed by atoms with Crippen molar-refractivity contribution in [3.05, 3.63) is 42.2 Å². The molecule has 9 heteroatoms. The number of carbonyl (C=O) groups excluding carboxylic acids is 1. The lowest BCUT2D eigenvalue weighted by molar-refractivity contribution is -0.125. The summed E-state index contributed by atoms with van der Waals surface area (Å²) < 4.78 is 12.6. The summed E-state index contributed by atoms with van der Waals surface area (Å²) in [6.45, 7) is 6.67. The predicted octanol–water partition coefficient (Wildman–Crippen LogP) is 2.16. The van der Waals surface area contributed by atoms with Crippen molar-refractivity contribution < 1.29 is 14.3 Å². The summed E-state index contributed by atoms with van der Waals surface area (Å²) in [5, 5.41) is 15.6. The molecule has 0 unspecified atom stereocenters. The normalized spacial score (nSPS) is 16.6. The predicted molar refractivity (Wildman–Crippen MR) is 114 cm³/mol. The fourth-order valence-electron chi connectivity index (χ4n) is 4.13. The van der Waals surface area contributed by atoms with Gasteiger partial charge in [0.2, 0.25) is 12.7 Å². The van der Waals surface area contributed by atoms with E-state index in [2.05, 4.69) is 39.4 Å². The quantitative estimate of drug-likeness (QED) is 0.673. The highest BCUT2D eigenvalue weighted by Crippen LogP contribution is 2.36. The van der Waals surface area contributed by atoms with Gasteiger partial charge in [-0.15, -0.1) is 15.3 Å². The Bertz CT molecular complexity index is 1100. The number of amides is 1. The molecule has 4 heterocycles. The molecule has 5 rings (SSSR count). The van der Waals surface area contributed by atoms with E-state index in [0.29, 0.717) is 6.54 Å². The Morgan fingerprint density at radius 3 is 2.81 bits per heavy atom. The van der Waals surface area contributed by atoms with E-state index in [1.165, 1.54) is 0 Å². The van der Waals surface area contributed by atoms with Gasteiger partial charge in [-0.25, -0.2) is 0 Å². The monoisotopic (exact) mass is 422 g/mol. The van der Waals surface area contributed by atoms with Crippen LogP contribution in [-0.4, -0.2) is 52.1 Å². The Kier molecular flexibility index (Phi) is 4.88. The van der Waals surface area contributed by atoms with E-state index >= 15 is 0 Å². The van der Waals surface area contributed by atoms with Crippen LogP contribution >= 0.6 is 0 Å². The van der Waals surface area contributed by atoms with E-state index < -0.39 is 0 Å². The molecule has 1 amide bonds. The van der Waals surface area contributed by atoms with Crippen LogP contribution in [0.2, 0.25) is 0 Å². The summed E-state index contributed by atoms with van der Waals surface area (Å²) in [5.41, 5.74) is 1.63. The van der Waals surface area contributed by atoms with E-state index in [4.69, 9.17) is 9.47 Å². The van der Waals surface area contributed by atoms with Crippen molar-refractivity contribution in [3.63, 3.8) is 0 Å². The number of hydrogen-bond donors (Lipinski definition) is 1. The molecule has 0 bridgehead atoms. The SMILES string of the molecule is CC(C)(CNC(=O)C1CCN(c2ccc3nncn3n2)CC1)c1ccc2c(c1)OCO2. The smallest absolute Gasteiger partial charge is 0.231 e. The van der Waals surface area contributed by atoms with Gasteiger partial charge in [0.25, 0.3) is 0 Å². The maximum absolute atomic E-state index is 12.8. The minimum atomic E-state index is -0.213. The topological polar surface area (TPSA) is 93.9 Å². The second-order valence-electron chi connectivity index (χ2n) is 8.76. The third kappa shape index (κ3) is 3.87. The molecular formula is C22H26N6O3. The number of fused-ring (bicyclic) bond motifs is 2. The van der Waals surface area contributed by atoms with Crippen molar-refractivity contribution >= 4 is 17.4 Å². The number of piperidine rings is 1. The molecular weight excluding hydrogens is 396 g/mol. The lowest BCUT2D eigenvalue weighted by Crippen LogP contribution is -2.44. The second kappa shape index (κ2) is 7.72. The van der Waals surface area contributed by atoms with Gasteiger partial charge in [0, 0.05) is 31.0 Å². The van der Waals surface area contributed by atoms with Gasteiger partial charge < -0.3 is 19.7 Å². The van der Waals surface area contributed by atoms with Crippen LogP contribution in [0.3, 0.4) is 0 Å². The molecule has 3 aromatic rings. The van der Waals surface area contributed by atoms with Gasteiger partial charge in [-0.3, -0.25) is 4.79 Å². The number of benzene rings is 1. The van der Waals surface area contributed by atoms with Crippen LogP contribution in [0.15, 0.2) is 36.7 Å². The molecule has 31 heavy (non-hydrogen) atoms. The van der Waals surface area contributed by atoms with Crippen LogP contribution in [0.5, 0.6) is 11.5 Å². The van der Waals surface area contributed by atoms with Gasteiger partial charge in [-0.2, -0.15) is 4.52 Å². The standard InChI is InChI=1S/C22H26N6O3/c1-22(2,16-3-4-17-18(11-16)31-14-30-17)12-23-21(29)15-7-9-27(10-8-15)20-6-5-19-25-24-13-28(19)26-20/h3-6,11,13,15H,7-10,12,14H2,1-2H3,(H,23,29). The molecule has 0 atom stereocenters. The van der Waals surface area contributed by atoms with Crippen LogP contribution < -0.4 is 19.7 Å². The van der Waals surface area contributed by atoms with E-state index in [1.54, 1.807) is 10.8 Å². The van der Waals surface area contributed by atoms with Crippen LogP contribution in [0.4, 0.5) is 5.82 Å². The first kappa shape index (κ1) is 19.6. The van der Waals surface area contributed by atoms with Crippen molar-refractivity contribution in [1.29, 1.82) is 0 Å². The maximum Gasteiger partial charge on any atom is 0.231 e. The van der Waals surface area contributed by atoms with Gasteiger partial charge in [0.05, 0.1) is 0 Å². The molecule has 1 saturated heterocycles. The van der Waals surface area contributed by atoms with Crippen molar-refractivity contribution in [2.24, 2.45) is 5.92 Å². The zero-order valence-corrected chi connectivity index (χ0v) is 17.7. The average molecular weight is 422 g/mol. The number of nitrogens with zero attached hydrogens (tertiary/aromatic N) is 5. The highest BCUT2D eigenvalue weighted by atomic mass is 16.7. The first-order chi connectivity index (χ1) is 15.0. The molecule has 9 nitrogen and oxygen atoms in total. The number of aromatic nitrogens is 4. The Morgan fingerprint density at radius 1 is 1.16 bits per heavy atom.